The van der Waals surface area contributed by atoms with E-state index in [-0.39, 0.29) is 11.9 Å². The van der Waals surface area contributed by atoms with Gasteiger partial charge in [0.05, 0.1) is 11.3 Å². The van der Waals surface area contributed by atoms with Gasteiger partial charge in [-0.15, -0.1) is 11.3 Å². The van der Waals surface area contributed by atoms with Crippen LogP contribution >= 0.6 is 11.3 Å². The Kier molecular flexibility index (Phi) is 6.79. The molecule has 1 aromatic heterocycles. The predicted molar refractivity (Wildman–Crippen MR) is 114 cm³/mol. The van der Waals surface area contributed by atoms with Crippen molar-refractivity contribution in [3.63, 3.8) is 0 Å². The Morgan fingerprint density at radius 3 is 2.89 bits per heavy atom. The van der Waals surface area contributed by atoms with E-state index < -0.39 is 0 Å². The summed E-state index contributed by atoms with van der Waals surface area (Å²) in [6.45, 7) is 4.74. The molecule has 0 bridgehead atoms. The molecular formula is C21H26N4OS. The predicted octanol–water partition coefficient (Wildman–Crippen LogP) is 3.66. The number of nitrogens with two attached hydrogens (primary N) is 1. The number of para-hydroxylation sites is 1. The van der Waals surface area contributed by atoms with Crippen LogP contribution in [0.5, 0.6) is 0 Å². The van der Waals surface area contributed by atoms with Gasteiger partial charge in [0.25, 0.3) is 5.91 Å². The van der Waals surface area contributed by atoms with E-state index in [1.54, 1.807) is 6.21 Å². The molecule has 1 saturated heterocycles. The van der Waals surface area contributed by atoms with Crippen LogP contribution in [0.25, 0.3) is 5.57 Å². The highest BCUT2D eigenvalue weighted by atomic mass is 32.1. The van der Waals surface area contributed by atoms with Gasteiger partial charge in [-0.05, 0) is 37.6 Å². The van der Waals surface area contributed by atoms with Gasteiger partial charge in [-0.3, -0.25) is 9.79 Å². The molecule has 3 rings (SSSR count). The van der Waals surface area contributed by atoms with Gasteiger partial charge in [-0.25, -0.2) is 0 Å². The zero-order valence-corrected chi connectivity index (χ0v) is 16.4. The van der Waals surface area contributed by atoms with Crippen molar-refractivity contribution in [2.24, 2.45) is 10.7 Å². The van der Waals surface area contributed by atoms with Gasteiger partial charge in [0.1, 0.15) is 0 Å². The largest absolute Gasteiger partial charge is 0.404 e. The number of amides is 1. The Morgan fingerprint density at radius 1 is 1.41 bits per heavy atom. The lowest BCUT2D eigenvalue weighted by atomic mass is 10.1. The Balaban J connectivity index is 1.75. The van der Waals surface area contributed by atoms with E-state index >= 15 is 0 Å². The maximum Gasteiger partial charge on any atom is 0.255 e. The minimum atomic E-state index is 0.101. The standard InChI is InChI=1S/C21H26N4OS/c1-2-10-25(19-8-9-23-14-19)21(26)16-11-20(27-15-16)17(12-22)13-24-18-6-4-3-5-7-18/h3-7,11-13,15,19,23H,2,8-10,14,22H2,1H3/b17-12+,24-13?/t19-/m0/s1. The van der Waals surface area contributed by atoms with E-state index in [0.717, 1.165) is 54.2 Å². The highest BCUT2D eigenvalue weighted by Gasteiger charge is 2.27. The first-order valence-electron chi connectivity index (χ1n) is 9.34. The zero-order valence-electron chi connectivity index (χ0n) is 15.6. The van der Waals surface area contributed by atoms with Gasteiger partial charge in [0.2, 0.25) is 0 Å². The SMILES string of the molecule is CCCN(C(=O)c1csc(/C(C=Nc2ccccc2)=C/N)c1)[C@H]1CCNC1. The molecule has 1 fully saturated rings. The van der Waals surface area contributed by atoms with Crippen LogP contribution in [0.3, 0.4) is 0 Å². The van der Waals surface area contributed by atoms with Crippen LogP contribution in [0, 0.1) is 0 Å². The molecule has 0 saturated carbocycles. The van der Waals surface area contributed by atoms with Gasteiger partial charge >= 0.3 is 0 Å². The molecule has 2 aromatic rings. The van der Waals surface area contributed by atoms with Gasteiger partial charge in [0.15, 0.2) is 0 Å². The van der Waals surface area contributed by atoms with E-state index in [4.69, 9.17) is 5.73 Å². The first-order chi connectivity index (χ1) is 13.2. The molecule has 3 N–H and O–H groups in total. The average Bonchev–Trinajstić information content (AvgIpc) is 3.39. The third kappa shape index (κ3) is 4.84. The molecule has 0 spiro atoms. The number of carbonyl (C=O) groups is 1. The summed E-state index contributed by atoms with van der Waals surface area (Å²) in [5, 5.41) is 5.27. The second-order valence-electron chi connectivity index (χ2n) is 6.56. The van der Waals surface area contributed by atoms with Crippen molar-refractivity contribution in [2.75, 3.05) is 19.6 Å². The fraction of sp³-hybridized carbons (Fsp3) is 0.333. The summed E-state index contributed by atoms with van der Waals surface area (Å²) in [4.78, 5) is 20.5. The van der Waals surface area contributed by atoms with Crippen LogP contribution < -0.4 is 11.1 Å². The molecule has 27 heavy (non-hydrogen) atoms. The first kappa shape index (κ1) is 19.3. The van der Waals surface area contributed by atoms with Crippen LogP contribution in [0.1, 0.15) is 35.0 Å². The van der Waals surface area contributed by atoms with Gasteiger partial charge in [0, 0.05) is 47.4 Å². The quantitative estimate of drug-likeness (QED) is 0.718. The molecule has 6 heteroatoms. The van der Waals surface area contributed by atoms with Crippen LogP contribution in [0.15, 0.2) is 53.0 Å². The number of nitrogens with zero attached hydrogens (tertiary/aromatic N) is 2. The summed E-state index contributed by atoms with van der Waals surface area (Å²) in [6.07, 6.45) is 5.26. The molecule has 1 aliphatic heterocycles. The first-order valence-corrected chi connectivity index (χ1v) is 10.2. The molecule has 0 radical (unpaired) electrons. The highest BCUT2D eigenvalue weighted by Crippen LogP contribution is 2.25. The van der Waals surface area contributed by atoms with E-state index in [0.29, 0.717) is 0 Å². The van der Waals surface area contributed by atoms with Gasteiger partial charge in [-0.2, -0.15) is 0 Å². The lowest BCUT2D eigenvalue weighted by Crippen LogP contribution is -2.41. The van der Waals surface area contributed by atoms with Crippen molar-refractivity contribution < 1.29 is 4.79 Å². The molecule has 0 unspecified atom stereocenters. The van der Waals surface area contributed by atoms with Crippen molar-refractivity contribution in [3.8, 4) is 0 Å². The zero-order chi connectivity index (χ0) is 19.1. The number of allylic oxidation sites excluding steroid dienone is 1. The number of carbonyl (C=O) groups excluding carboxylic acids is 1. The number of hydrogen-bond donors (Lipinski definition) is 2. The molecule has 1 aliphatic rings. The number of rotatable bonds is 7. The summed E-state index contributed by atoms with van der Waals surface area (Å²) in [7, 11) is 0. The fourth-order valence-corrected chi connectivity index (χ4v) is 4.08. The van der Waals surface area contributed by atoms with Crippen molar-refractivity contribution in [1.82, 2.24) is 10.2 Å². The maximum atomic E-state index is 13.0. The average molecular weight is 383 g/mol. The number of aliphatic imine (C=N–C) groups is 1. The number of benzene rings is 1. The Hall–Kier alpha value is -2.44. The summed E-state index contributed by atoms with van der Waals surface area (Å²) < 4.78 is 0. The van der Waals surface area contributed by atoms with E-state index in [9.17, 15) is 4.79 Å². The van der Waals surface area contributed by atoms with Crippen molar-refractivity contribution >= 4 is 34.7 Å². The van der Waals surface area contributed by atoms with E-state index in [1.165, 1.54) is 17.5 Å². The molecule has 1 amide bonds. The van der Waals surface area contributed by atoms with Gasteiger partial charge < -0.3 is 16.0 Å². The van der Waals surface area contributed by atoms with Crippen molar-refractivity contribution in [2.45, 2.75) is 25.8 Å². The lowest BCUT2D eigenvalue weighted by Gasteiger charge is -2.27. The molecule has 2 heterocycles. The molecule has 0 aliphatic carbocycles. The molecular weight excluding hydrogens is 356 g/mol. The molecule has 142 valence electrons. The highest BCUT2D eigenvalue weighted by molar-refractivity contribution is 7.11. The summed E-state index contributed by atoms with van der Waals surface area (Å²) in [5.41, 5.74) is 8.22. The van der Waals surface area contributed by atoms with E-state index in [2.05, 4.69) is 17.2 Å². The van der Waals surface area contributed by atoms with Crippen molar-refractivity contribution in [3.05, 3.63) is 58.4 Å². The topological polar surface area (TPSA) is 70.7 Å². The van der Waals surface area contributed by atoms with Gasteiger partial charge in [-0.1, -0.05) is 25.1 Å². The third-order valence-corrected chi connectivity index (χ3v) is 5.60. The number of hydrogen-bond acceptors (Lipinski definition) is 5. The Bertz CT molecular complexity index is 807. The normalized spacial score (nSPS) is 17.5. The Morgan fingerprint density at radius 2 is 2.22 bits per heavy atom. The minimum Gasteiger partial charge on any atom is -0.404 e. The number of nitrogens with one attached hydrogen (secondary N) is 1. The van der Waals surface area contributed by atoms with Crippen molar-refractivity contribution in [1.29, 1.82) is 0 Å². The number of thiophene rings is 1. The van der Waals surface area contributed by atoms with Crippen LogP contribution in [0.4, 0.5) is 5.69 Å². The fourth-order valence-electron chi connectivity index (χ4n) is 3.21. The summed E-state index contributed by atoms with van der Waals surface area (Å²) in [6, 6.07) is 11.9. The second kappa shape index (κ2) is 9.48. The molecule has 5 nitrogen and oxygen atoms in total. The maximum absolute atomic E-state index is 13.0. The van der Waals surface area contributed by atoms with Crippen LogP contribution in [0.2, 0.25) is 0 Å². The molecule has 1 aromatic carbocycles. The molecule has 1 atom stereocenters. The third-order valence-electron chi connectivity index (χ3n) is 4.62. The second-order valence-corrected chi connectivity index (χ2v) is 7.47. The monoisotopic (exact) mass is 382 g/mol. The van der Waals surface area contributed by atoms with Crippen LogP contribution in [-0.2, 0) is 0 Å². The smallest absolute Gasteiger partial charge is 0.255 e. The summed E-state index contributed by atoms with van der Waals surface area (Å²) in [5.74, 6) is 0.101. The lowest BCUT2D eigenvalue weighted by molar-refractivity contribution is 0.0693. The van der Waals surface area contributed by atoms with E-state index in [1.807, 2.05) is 46.7 Å². The Labute approximate surface area is 164 Å². The van der Waals surface area contributed by atoms with Crippen LogP contribution in [-0.4, -0.2) is 42.7 Å². The summed E-state index contributed by atoms with van der Waals surface area (Å²) >= 11 is 1.52. The minimum absolute atomic E-state index is 0.101.